The Bertz CT molecular complexity index is 7050. The summed E-state index contributed by atoms with van der Waals surface area (Å²) in [5, 5.41) is 63.9. The van der Waals surface area contributed by atoms with Gasteiger partial charge in [0.15, 0.2) is 0 Å². The first-order chi connectivity index (χ1) is 68.3. The van der Waals surface area contributed by atoms with Crippen LogP contribution in [0.3, 0.4) is 0 Å². The van der Waals surface area contributed by atoms with Crippen molar-refractivity contribution in [1.29, 1.82) is 0 Å². The molecular formula is C106H120N20O12S4. The first kappa shape index (κ1) is 102. The molecule has 4 aromatic heterocycles. The summed E-state index contributed by atoms with van der Waals surface area (Å²) in [6.45, 7) is 4.13. The van der Waals surface area contributed by atoms with Gasteiger partial charge in [0.25, 0.3) is 0 Å². The maximum Gasteiger partial charge on any atom is 0.319 e. The van der Waals surface area contributed by atoms with E-state index in [1.807, 2.05) is 210 Å². The van der Waals surface area contributed by atoms with Crippen LogP contribution in [0.2, 0.25) is 0 Å². The molecule has 0 radical (unpaired) electrons. The lowest BCUT2D eigenvalue weighted by Crippen LogP contribution is -2.61. The molecule has 36 heteroatoms. The number of hydrogen-bond donors (Lipinski definition) is 12. The van der Waals surface area contributed by atoms with Gasteiger partial charge in [0.2, 0.25) is 40.1 Å². The Balaban J connectivity index is 0.000000143. The number of urea groups is 4. The molecule has 4 bridgehead atoms. The monoisotopic (exact) mass is 1990 g/mol. The van der Waals surface area contributed by atoms with Crippen molar-refractivity contribution >= 4 is 75.6 Å². The van der Waals surface area contributed by atoms with Crippen LogP contribution >= 0.6 is 0 Å². The number of nitrogens with two attached hydrogens (primary N) is 4. The topological polar surface area (TPSA) is 476 Å². The minimum atomic E-state index is -3.77. The Morgan fingerprint density at radius 3 is 0.866 bits per heavy atom. The Morgan fingerprint density at radius 1 is 0.324 bits per heavy atom. The van der Waals surface area contributed by atoms with Crippen LogP contribution in [-0.4, -0.2) is 135 Å². The van der Waals surface area contributed by atoms with Gasteiger partial charge in [-0.25, -0.2) is 92.1 Å². The summed E-state index contributed by atoms with van der Waals surface area (Å²) in [5.74, 6) is 2.39. The molecule has 19 rings (SSSR count). The van der Waals surface area contributed by atoms with Gasteiger partial charge in [0.1, 0.15) is 0 Å². The number of benzene rings is 10. The number of amides is 8. The Labute approximate surface area is 828 Å². The van der Waals surface area contributed by atoms with Crippen LogP contribution in [0.15, 0.2) is 317 Å². The number of rotatable bonds is 32. The summed E-state index contributed by atoms with van der Waals surface area (Å²) in [7, 11) is -15.1. The van der Waals surface area contributed by atoms with Gasteiger partial charge in [-0.2, -0.15) is 20.4 Å². The van der Waals surface area contributed by atoms with Gasteiger partial charge in [0.05, 0.1) is 87.9 Å². The standard InChI is InChI=1S/C29H35N5O3S.C26H27N5O3S.C26H33N5O3S.C25H25N5O3S/c30-38(36,37)26-10-8-25(9-11-26)34-27(23-5-2-1-3-6-23)16-24(33-34)7-4-12-31-28(35)32-29-17-20-13-21(18-29)15-22(14-20)19-29;1-19-9-11-21(12-10-19)29-26(32)28-17-5-8-22-18-25(20-6-3-2-4-7-20)31(30-22)23-13-15-24(16-14-23)35(27,33)34;27-35(33,34)24-16-14-23(15-17-24)31-25(20-9-4-3-5-10-20)19-22(30-31)13-8-18-28-26(32)29-21-11-6-1-2-7-12-21;26-34(32,33)23-15-13-22(14-16-23)30-24(19-8-3-1-4-9-19)18-21(29-30)12-7-17-27-25(31)28-20-10-5-2-6-11-20/h1-3,5-6,8-11,16,20-22H,4,7,12-15,17-19H2,(H2,30,36,37)(H2,31,32,35);2-4,6-7,9-16,18H,5,8,17H2,1H3,(H2,27,33,34)(H2,28,29,32);3-5,9-10,14-17,19,21H,1-2,6-8,11-13,18H2,(H2,27,33,34)(H2,28,29,32);1-6,8-11,13-16,18H,7,12,17H2,(H2,26,32,33)(H2,27,28,31). The number of aryl methyl sites for hydroxylation is 5. The van der Waals surface area contributed by atoms with E-state index in [-0.39, 0.29) is 55.3 Å². The van der Waals surface area contributed by atoms with Gasteiger partial charge in [0, 0.05) is 71.4 Å². The van der Waals surface area contributed by atoms with E-state index >= 15 is 0 Å². The molecule has 0 aliphatic heterocycles. The minimum Gasteiger partial charge on any atom is -0.338 e. The molecule has 0 atom stereocenters. The molecule has 8 amide bonds. The van der Waals surface area contributed by atoms with Crippen LogP contribution in [0.1, 0.15) is 131 Å². The van der Waals surface area contributed by atoms with E-state index in [9.17, 15) is 52.8 Å². The SMILES string of the molecule is Cc1ccc(NC(=O)NCCCc2cc(-c3ccccc3)n(-c3ccc(S(N)(=O)=O)cc3)n2)cc1.NS(=O)(=O)c1ccc(-n2nc(CCCNC(=O)NC34CC5CC(CC(C5)C3)C4)cc2-c2ccccc2)cc1.NS(=O)(=O)c1ccc(-n2nc(CCCNC(=O)NC3CCCCCC3)cc2-c2ccccc2)cc1.NS(=O)(=O)c1ccc(-n2nc(CCCNC(=O)Nc3ccccc3)cc2-c2ccccc2)cc1. The first-order valence-electron chi connectivity index (χ1n) is 47.8. The van der Waals surface area contributed by atoms with Gasteiger partial charge in [-0.05, 0) is 273 Å². The highest BCUT2D eigenvalue weighted by atomic mass is 32.2. The predicted octanol–water partition coefficient (Wildman–Crippen LogP) is 16.7. The largest absolute Gasteiger partial charge is 0.338 e. The fourth-order valence-corrected chi connectivity index (χ4v) is 21.0. The molecule has 5 aliphatic rings. The fraction of sp³-hybridized carbons (Fsp3) is 0.283. The van der Waals surface area contributed by atoms with Crippen LogP contribution in [0.5, 0.6) is 0 Å². The van der Waals surface area contributed by atoms with Gasteiger partial charge in [-0.3, -0.25) is 0 Å². The van der Waals surface area contributed by atoms with Crippen molar-refractivity contribution in [3.05, 3.63) is 326 Å². The number of carbonyl (C=O) groups is 4. The van der Waals surface area contributed by atoms with Crippen molar-refractivity contribution in [2.24, 2.45) is 38.3 Å². The normalized spacial score (nSPS) is 16.0. The van der Waals surface area contributed by atoms with Crippen LogP contribution in [0.25, 0.3) is 67.8 Å². The number of anilines is 2. The van der Waals surface area contributed by atoms with Crippen molar-refractivity contribution in [3.63, 3.8) is 0 Å². The Kier molecular flexibility index (Phi) is 34.1. The molecule has 4 heterocycles. The lowest BCUT2D eigenvalue weighted by atomic mass is 9.53. The maximum atomic E-state index is 12.8. The zero-order valence-corrected chi connectivity index (χ0v) is 82.3. The van der Waals surface area contributed by atoms with E-state index in [4.69, 9.17) is 41.0 Å². The predicted molar refractivity (Wildman–Crippen MR) is 552 cm³/mol. The van der Waals surface area contributed by atoms with E-state index in [2.05, 4.69) is 48.6 Å². The van der Waals surface area contributed by atoms with E-state index in [0.29, 0.717) is 64.7 Å². The summed E-state index contributed by atoms with van der Waals surface area (Å²) in [4.78, 5) is 49.5. The van der Waals surface area contributed by atoms with Crippen molar-refractivity contribution in [1.82, 2.24) is 71.0 Å². The summed E-state index contributed by atoms with van der Waals surface area (Å²) < 4.78 is 100. The summed E-state index contributed by atoms with van der Waals surface area (Å²) in [6, 6.07) is 89.5. The van der Waals surface area contributed by atoms with Crippen LogP contribution in [0, 0.1) is 24.7 Å². The number of sulfonamides is 4. The third kappa shape index (κ3) is 28.8. The molecule has 32 nitrogen and oxygen atoms in total. The first-order valence-corrected chi connectivity index (χ1v) is 54.0. The van der Waals surface area contributed by atoms with E-state index in [0.717, 1.165) is 170 Å². The molecule has 0 unspecified atom stereocenters. The third-order valence-corrected chi connectivity index (χ3v) is 29.2. The maximum absolute atomic E-state index is 12.8. The quantitative estimate of drug-likeness (QED) is 0.0138. The van der Waals surface area contributed by atoms with Crippen molar-refractivity contribution in [2.75, 3.05) is 36.8 Å². The molecular weight excluding hydrogens is 1870 g/mol. The average molecular weight is 1990 g/mol. The van der Waals surface area contributed by atoms with Crippen LogP contribution in [-0.2, 0) is 65.8 Å². The lowest BCUT2D eigenvalue weighted by Gasteiger charge is -2.56. The minimum absolute atomic E-state index is 0.0149. The number of hydrogen-bond acceptors (Lipinski definition) is 16. The van der Waals surface area contributed by atoms with E-state index in [1.54, 1.807) is 57.9 Å². The highest BCUT2D eigenvalue weighted by Gasteiger charge is 2.51. The number of aromatic nitrogens is 8. The summed E-state index contributed by atoms with van der Waals surface area (Å²) >= 11 is 0. The number of carbonyl (C=O) groups excluding carboxylic acids is 4. The molecule has 16 N–H and O–H groups in total. The number of primary sulfonamides is 4. The zero-order valence-electron chi connectivity index (χ0n) is 79.0. The molecule has 740 valence electrons. The van der Waals surface area contributed by atoms with Gasteiger partial charge < -0.3 is 42.5 Å². The van der Waals surface area contributed by atoms with Gasteiger partial charge >= 0.3 is 24.1 Å². The summed E-state index contributed by atoms with van der Waals surface area (Å²) in [6.07, 6.45) is 20.2. The van der Waals surface area contributed by atoms with Crippen molar-refractivity contribution < 1.29 is 52.8 Å². The van der Waals surface area contributed by atoms with Gasteiger partial charge in [-0.1, -0.05) is 183 Å². The molecule has 5 aliphatic carbocycles. The van der Waals surface area contributed by atoms with Crippen molar-refractivity contribution in [3.8, 4) is 67.8 Å². The molecule has 10 aromatic carbocycles. The Morgan fingerprint density at radius 2 is 0.585 bits per heavy atom. The number of nitrogens with one attached hydrogen (secondary N) is 8. The smallest absolute Gasteiger partial charge is 0.319 e. The molecule has 0 spiro atoms. The molecule has 14 aromatic rings. The van der Waals surface area contributed by atoms with Crippen molar-refractivity contribution in [2.45, 2.75) is 167 Å². The zero-order chi connectivity index (χ0) is 99.8. The van der Waals surface area contributed by atoms with Gasteiger partial charge in [-0.15, -0.1) is 0 Å². The summed E-state index contributed by atoms with van der Waals surface area (Å²) in [5.41, 5.74) is 16.6. The molecule has 5 fully saturated rings. The average Bonchev–Trinajstić information content (AvgIpc) is 1.02. The second kappa shape index (κ2) is 47.4. The molecule has 5 saturated carbocycles. The highest BCUT2D eigenvalue weighted by molar-refractivity contribution is 7.90. The second-order valence-electron chi connectivity index (χ2n) is 36.4. The fourth-order valence-electron chi connectivity index (χ4n) is 19.0. The number of para-hydroxylation sites is 1. The van der Waals surface area contributed by atoms with Crippen LogP contribution in [0.4, 0.5) is 30.6 Å². The highest BCUT2D eigenvalue weighted by Crippen LogP contribution is 2.56. The van der Waals surface area contributed by atoms with Crippen LogP contribution < -0.4 is 63.1 Å². The van der Waals surface area contributed by atoms with E-state index in [1.165, 1.54) is 93.5 Å². The lowest BCUT2D eigenvalue weighted by molar-refractivity contribution is -0.0135. The van der Waals surface area contributed by atoms with E-state index < -0.39 is 40.1 Å². The number of nitrogens with zero attached hydrogens (tertiary/aromatic N) is 8. The molecule has 0 saturated heterocycles. The Hall–Kier alpha value is -14.2. The second-order valence-corrected chi connectivity index (χ2v) is 42.7. The molecule has 142 heavy (non-hydrogen) atoms. The third-order valence-electron chi connectivity index (χ3n) is 25.5.